The van der Waals surface area contributed by atoms with Crippen LogP contribution in [0.1, 0.15) is 19.3 Å². The van der Waals surface area contributed by atoms with E-state index in [9.17, 15) is 22.8 Å². The minimum Gasteiger partial charge on any atom is -0.480 e. The van der Waals surface area contributed by atoms with Gasteiger partial charge >= 0.3 is 18.1 Å². The first-order chi connectivity index (χ1) is 7.82. The number of nitrogens with zero attached hydrogens (tertiary/aromatic N) is 1. The molecule has 2 aliphatic rings. The number of carboxylic acid groups (broad SMARTS) is 1. The Bertz CT molecular complexity index is 355. The molecule has 1 aliphatic carbocycles. The van der Waals surface area contributed by atoms with Crippen molar-refractivity contribution in [2.75, 3.05) is 6.54 Å². The smallest absolute Gasteiger partial charge is 0.471 e. The summed E-state index contributed by atoms with van der Waals surface area (Å²) < 4.78 is 37.0. The molecule has 2 fully saturated rings. The van der Waals surface area contributed by atoms with Crippen molar-refractivity contribution in [3.63, 3.8) is 0 Å². The zero-order valence-electron chi connectivity index (χ0n) is 8.91. The van der Waals surface area contributed by atoms with Crippen LogP contribution in [0.4, 0.5) is 13.2 Å². The highest BCUT2D eigenvalue weighted by Crippen LogP contribution is 2.43. The van der Waals surface area contributed by atoms with Gasteiger partial charge in [0.1, 0.15) is 6.04 Å². The summed E-state index contributed by atoms with van der Waals surface area (Å²) in [7, 11) is 0. The van der Waals surface area contributed by atoms with Crippen molar-refractivity contribution in [2.45, 2.75) is 31.5 Å². The van der Waals surface area contributed by atoms with Crippen molar-refractivity contribution in [1.82, 2.24) is 4.90 Å². The normalized spacial score (nSPS) is 32.6. The van der Waals surface area contributed by atoms with Gasteiger partial charge in [0.05, 0.1) is 0 Å². The van der Waals surface area contributed by atoms with Crippen molar-refractivity contribution in [3.05, 3.63) is 0 Å². The molecule has 1 saturated carbocycles. The van der Waals surface area contributed by atoms with E-state index in [1.54, 1.807) is 0 Å². The van der Waals surface area contributed by atoms with Crippen molar-refractivity contribution in [3.8, 4) is 0 Å². The molecule has 1 saturated heterocycles. The highest BCUT2D eigenvalue weighted by Gasteiger charge is 2.55. The van der Waals surface area contributed by atoms with Crippen LogP contribution in [-0.2, 0) is 9.59 Å². The number of aliphatic carboxylic acids is 1. The van der Waals surface area contributed by atoms with E-state index in [2.05, 4.69) is 0 Å². The van der Waals surface area contributed by atoms with Gasteiger partial charge in [-0.05, 0) is 24.7 Å². The third-order valence-corrected chi connectivity index (χ3v) is 3.65. The number of carbonyl (C=O) groups excluding carboxylic acids is 1. The maximum Gasteiger partial charge on any atom is 0.471 e. The molecule has 17 heavy (non-hydrogen) atoms. The Labute approximate surface area is 95.4 Å². The average Bonchev–Trinajstić information content (AvgIpc) is 2.71. The molecular weight excluding hydrogens is 239 g/mol. The zero-order valence-corrected chi connectivity index (χ0v) is 8.91. The first kappa shape index (κ1) is 12.2. The van der Waals surface area contributed by atoms with Crippen LogP contribution in [0.2, 0.25) is 0 Å². The van der Waals surface area contributed by atoms with Gasteiger partial charge < -0.3 is 10.0 Å². The standard InChI is InChI=1S/C10H12F3NO3/c11-10(12,13)9(17)14-4-5-2-1-3-6(5)7(14)8(15)16/h5-7H,1-4H2,(H,15,16)/t5-,6-,7+/m0/s1. The number of fused-ring (bicyclic) bond motifs is 1. The maximum absolute atomic E-state index is 12.3. The number of alkyl halides is 3. The Kier molecular flexibility index (Phi) is 2.79. The minimum atomic E-state index is -4.99. The molecule has 7 heteroatoms. The average molecular weight is 251 g/mol. The Morgan fingerprint density at radius 2 is 1.88 bits per heavy atom. The molecule has 0 bridgehead atoms. The van der Waals surface area contributed by atoms with Crippen LogP contribution in [-0.4, -0.2) is 40.6 Å². The third-order valence-electron chi connectivity index (χ3n) is 3.65. The Balaban J connectivity index is 2.23. The molecule has 1 amide bonds. The molecule has 0 radical (unpaired) electrons. The van der Waals surface area contributed by atoms with Gasteiger partial charge in [-0.2, -0.15) is 13.2 Å². The van der Waals surface area contributed by atoms with Crippen molar-refractivity contribution < 1.29 is 27.9 Å². The second-order valence-electron chi connectivity index (χ2n) is 4.59. The summed E-state index contributed by atoms with van der Waals surface area (Å²) in [5.41, 5.74) is 0. The van der Waals surface area contributed by atoms with Gasteiger partial charge in [0.25, 0.3) is 0 Å². The molecule has 0 aromatic heterocycles. The Morgan fingerprint density at radius 3 is 2.41 bits per heavy atom. The fourth-order valence-corrected chi connectivity index (χ4v) is 2.99. The van der Waals surface area contributed by atoms with Crippen LogP contribution in [0, 0.1) is 11.8 Å². The number of rotatable bonds is 1. The first-order valence-electron chi connectivity index (χ1n) is 5.43. The van der Waals surface area contributed by atoms with Gasteiger partial charge in [0.2, 0.25) is 0 Å². The number of likely N-dealkylation sites (tertiary alicyclic amines) is 1. The topological polar surface area (TPSA) is 57.6 Å². The van der Waals surface area contributed by atoms with E-state index in [0.29, 0.717) is 17.7 Å². The van der Waals surface area contributed by atoms with Gasteiger partial charge in [-0.3, -0.25) is 4.79 Å². The SMILES string of the molecule is O=C(O)[C@H]1[C@H]2CCC[C@H]2CN1C(=O)C(F)(F)F. The number of amides is 1. The number of carboxylic acids is 1. The number of carbonyl (C=O) groups is 2. The lowest BCUT2D eigenvalue weighted by Crippen LogP contribution is -2.48. The molecule has 0 unspecified atom stereocenters. The molecule has 0 aromatic rings. The molecule has 4 nitrogen and oxygen atoms in total. The fraction of sp³-hybridized carbons (Fsp3) is 0.800. The van der Waals surface area contributed by atoms with E-state index in [1.165, 1.54) is 0 Å². The monoisotopic (exact) mass is 251 g/mol. The van der Waals surface area contributed by atoms with E-state index >= 15 is 0 Å². The summed E-state index contributed by atoms with van der Waals surface area (Å²) in [5.74, 6) is -3.78. The number of hydrogen-bond acceptors (Lipinski definition) is 2. The van der Waals surface area contributed by atoms with Crippen LogP contribution in [0.5, 0.6) is 0 Å². The summed E-state index contributed by atoms with van der Waals surface area (Å²) in [6.07, 6.45) is -2.88. The van der Waals surface area contributed by atoms with E-state index in [-0.39, 0.29) is 18.4 Å². The molecule has 2 rings (SSSR count). The van der Waals surface area contributed by atoms with Crippen LogP contribution in [0.15, 0.2) is 0 Å². The molecule has 1 heterocycles. The molecule has 1 aliphatic heterocycles. The van der Waals surface area contributed by atoms with Gasteiger partial charge in [0.15, 0.2) is 0 Å². The van der Waals surface area contributed by atoms with Crippen molar-refractivity contribution in [2.24, 2.45) is 11.8 Å². The predicted octanol–water partition coefficient (Wildman–Crippen LogP) is 1.26. The van der Waals surface area contributed by atoms with E-state index in [1.807, 2.05) is 0 Å². The van der Waals surface area contributed by atoms with Crippen LogP contribution < -0.4 is 0 Å². The number of hydrogen-bond donors (Lipinski definition) is 1. The molecule has 1 N–H and O–H groups in total. The second-order valence-corrected chi connectivity index (χ2v) is 4.59. The maximum atomic E-state index is 12.3. The fourth-order valence-electron chi connectivity index (χ4n) is 2.99. The summed E-state index contributed by atoms with van der Waals surface area (Å²) in [6, 6.07) is -1.31. The highest BCUT2D eigenvalue weighted by atomic mass is 19.4. The van der Waals surface area contributed by atoms with Crippen LogP contribution >= 0.6 is 0 Å². The van der Waals surface area contributed by atoms with E-state index in [4.69, 9.17) is 5.11 Å². The second kappa shape index (κ2) is 3.89. The Morgan fingerprint density at radius 1 is 1.24 bits per heavy atom. The summed E-state index contributed by atoms with van der Waals surface area (Å²) in [5, 5.41) is 8.98. The van der Waals surface area contributed by atoms with Crippen LogP contribution in [0.3, 0.4) is 0 Å². The molecular formula is C10H12F3NO3. The van der Waals surface area contributed by atoms with Gasteiger partial charge in [-0.1, -0.05) is 6.42 Å². The quantitative estimate of drug-likeness (QED) is 0.763. The van der Waals surface area contributed by atoms with Crippen molar-refractivity contribution >= 4 is 11.9 Å². The minimum absolute atomic E-state index is 0.0834. The lowest BCUT2D eigenvalue weighted by molar-refractivity contribution is -0.188. The Hall–Kier alpha value is -1.27. The largest absolute Gasteiger partial charge is 0.480 e. The highest BCUT2D eigenvalue weighted by molar-refractivity contribution is 5.88. The first-order valence-corrected chi connectivity index (χ1v) is 5.43. The van der Waals surface area contributed by atoms with Crippen LogP contribution in [0.25, 0.3) is 0 Å². The summed E-state index contributed by atoms with van der Waals surface area (Å²) in [4.78, 5) is 22.7. The summed E-state index contributed by atoms with van der Waals surface area (Å²) in [6.45, 7) is -0.0834. The van der Waals surface area contributed by atoms with E-state index < -0.39 is 24.1 Å². The number of halogens is 3. The molecule has 96 valence electrons. The van der Waals surface area contributed by atoms with Gasteiger partial charge in [-0.15, -0.1) is 0 Å². The molecule has 0 spiro atoms. The zero-order chi connectivity index (χ0) is 12.8. The molecule has 0 aromatic carbocycles. The lowest BCUT2D eigenvalue weighted by Gasteiger charge is -2.25. The van der Waals surface area contributed by atoms with Crippen molar-refractivity contribution in [1.29, 1.82) is 0 Å². The predicted molar refractivity (Wildman–Crippen MR) is 50.0 cm³/mol. The van der Waals surface area contributed by atoms with Gasteiger partial charge in [-0.25, -0.2) is 4.79 Å². The van der Waals surface area contributed by atoms with Gasteiger partial charge in [0, 0.05) is 6.54 Å². The molecule has 3 atom stereocenters. The van der Waals surface area contributed by atoms with E-state index in [0.717, 1.165) is 6.42 Å². The summed E-state index contributed by atoms with van der Waals surface area (Å²) >= 11 is 0. The third kappa shape index (κ3) is 1.98. The lowest BCUT2D eigenvalue weighted by atomic mass is 9.94.